The Morgan fingerprint density at radius 1 is 1.14 bits per heavy atom. The Labute approximate surface area is 250 Å². The van der Waals surface area contributed by atoms with Crippen LogP contribution in [0.15, 0.2) is 52.1 Å². The minimum Gasteiger partial charge on any atom is -0.493 e. The molecule has 1 saturated carbocycles. The number of ether oxygens (including phenoxy) is 3. The van der Waals surface area contributed by atoms with Gasteiger partial charge in [0.05, 0.1) is 25.9 Å². The Bertz CT molecular complexity index is 1710. The van der Waals surface area contributed by atoms with E-state index in [1.54, 1.807) is 18.2 Å². The number of esters is 1. The first kappa shape index (κ1) is 28.8. The SMILES string of the molecule is CCOc1cc(CN2CC[C@H]3C(Nc4nc5c(o4)=CC(C(=O)OC)=C=C=5)CC[C@]32C)cc(OCC)c1-c1ccc(F)cc1. The molecule has 2 aliphatic carbocycles. The predicted octanol–water partition coefficient (Wildman–Crippen LogP) is 4.56. The number of anilines is 1. The second-order valence-electron chi connectivity index (χ2n) is 11.3. The Morgan fingerprint density at radius 3 is 2.53 bits per heavy atom. The molecule has 3 atom stereocenters. The summed E-state index contributed by atoms with van der Waals surface area (Å²) in [5.41, 5.74) is 9.21. The largest absolute Gasteiger partial charge is 0.493 e. The van der Waals surface area contributed by atoms with E-state index < -0.39 is 5.97 Å². The van der Waals surface area contributed by atoms with Crippen LogP contribution in [0.5, 0.6) is 11.5 Å². The standard InChI is InChI=1S/C34H36FN3O5/c1-5-41-29-17-21(18-30(42-6-2)31(29)22-7-10-24(35)11-8-22)20-38-16-14-25-26(13-15-34(25,38)3)36-33-37-27-12-9-23(32(39)40-4)19-28(27)43-33/h7-8,10-11,17-19,25-26H,5-6,13-16,20H2,1-4H3,(H,36,37)/t25-,26?,34+/m0/s1. The zero-order valence-corrected chi connectivity index (χ0v) is 25.0. The van der Waals surface area contributed by atoms with Crippen LogP contribution in [-0.2, 0) is 16.1 Å². The van der Waals surface area contributed by atoms with Crippen molar-refractivity contribution in [3.05, 3.63) is 69.8 Å². The molecule has 9 heteroatoms. The first-order valence-corrected chi connectivity index (χ1v) is 14.9. The highest BCUT2D eigenvalue weighted by atomic mass is 19.1. The van der Waals surface area contributed by atoms with Crippen LogP contribution in [0.25, 0.3) is 22.9 Å². The molecule has 3 aliphatic rings. The summed E-state index contributed by atoms with van der Waals surface area (Å²) in [5, 5.41) is 4.05. The molecule has 2 aromatic carbocycles. The summed E-state index contributed by atoms with van der Waals surface area (Å²) in [6.07, 6.45) is 4.65. The zero-order chi connectivity index (χ0) is 30.1. The van der Waals surface area contributed by atoms with Crippen molar-refractivity contribution in [1.82, 2.24) is 9.88 Å². The lowest BCUT2D eigenvalue weighted by atomic mass is 9.88. The normalized spacial score (nSPS) is 22.2. The van der Waals surface area contributed by atoms with Gasteiger partial charge in [0, 0.05) is 24.2 Å². The van der Waals surface area contributed by atoms with Crippen LogP contribution < -0.4 is 25.6 Å². The number of benzene rings is 2. The summed E-state index contributed by atoms with van der Waals surface area (Å²) < 4.78 is 36.6. The van der Waals surface area contributed by atoms with Crippen LogP contribution >= 0.6 is 0 Å². The minimum atomic E-state index is -0.492. The third kappa shape index (κ3) is 5.48. The van der Waals surface area contributed by atoms with Gasteiger partial charge in [-0.2, -0.15) is 4.98 Å². The number of hydrogen-bond acceptors (Lipinski definition) is 8. The second kappa shape index (κ2) is 11.8. The van der Waals surface area contributed by atoms with Crippen LogP contribution in [0.1, 0.15) is 45.6 Å². The maximum absolute atomic E-state index is 13.7. The molecule has 224 valence electrons. The fourth-order valence-electron chi connectivity index (χ4n) is 6.80. The molecular formula is C34H36FN3O5. The fraction of sp³-hybridized carbons (Fsp3) is 0.412. The number of halogens is 1. The number of aromatic nitrogens is 1. The highest BCUT2D eigenvalue weighted by molar-refractivity contribution is 5.97. The van der Waals surface area contributed by atoms with Crippen molar-refractivity contribution >= 4 is 23.8 Å². The third-order valence-corrected chi connectivity index (χ3v) is 8.87. The molecule has 6 rings (SSSR count). The average Bonchev–Trinajstić information content (AvgIpc) is 3.65. The van der Waals surface area contributed by atoms with Crippen LogP contribution in [-0.4, -0.2) is 54.3 Å². The molecule has 2 fully saturated rings. The summed E-state index contributed by atoms with van der Waals surface area (Å²) in [4.78, 5) is 19.0. The van der Waals surface area contributed by atoms with Gasteiger partial charge in [0.25, 0.3) is 6.01 Å². The van der Waals surface area contributed by atoms with Gasteiger partial charge in [0.15, 0.2) is 10.8 Å². The number of carbonyl (C=O) groups excluding carboxylic acids is 1. The van der Waals surface area contributed by atoms with Crippen LogP contribution in [0.4, 0.5) is 10.4 Å². The maximum Gasteiger partial charge on any atom is 0.346 e. The number of hydrogen-bond donors (Lipinski definition) is 1. The highest BCUT2D eigenvalue weighted by Crippen LogP contribution is 2.49. The van der Waals surface area contributed by atoms with Crippen molar-refractivity contribution in [2.24, 2.45) is 5.92 Å². The predicted molar refractivity (Wildman–Crippen MR) is 160 cm³/mol. The van der Waals surface area contributed by atoms with Gasteiger partial charge in [0.2, 0.25) is 0 Å². The molecule has 1 N–H and O–H groups in total. The molecule has 0 radical (unpaired) electrons. The van der Waals surface area contributed by atoms with E-state index in [0.29, 0.717) is 35.9 Å². The van der Waals surface area contributed by atoms with Gasteiger partial charge in [-0.25, -0.2) is 9.18 Å². The molecule has 2 heterocycles. The first-order valence-electron chi connectivity index (χ1n) is 14.9. The Balaban J connectivity index is 1.22. The lowest BCUT2D eigenvalue weighted by Gasteiger charge is -2.36. The maximum atomic E-state index is 13.7. The van der Waals surface area contributed by atoms with Gasteiger partial charge in [0.1, 0.15) is 22.9 Å². The summed E-state index contributed by atoms with van der Waals surface area (Å²) in [6.45, 7) is 9.02. The first-order chi connectivity index (χ1) is 20.8. The molecule has 1 unspecified atom stereocenters. The van der Waals surface area contributed by atoms with Gasteiger partial charge >= 0.3 is 5.97 Å². The number of rotatable bonds is 10. The summed E-state index contributed by atoms with van der Waals surface area (Å²) in [7, 11) is 1.33. The van der Waals surface area contributed by atoms with E-state index in [-0.39, 0.29) is 23.0 Å². The molecular weight excluding hydrogens is 549 g/mol. The number of methoxy groups -OCH3 is 1. The van der Waals surface area contributed by atoms with E-state index in [1.165, 1.54) is 19.2 Å². The van der Waals surface area contributed by atoms with Crippen LogP contribution in [0.2, 0.25) is 0 Å². The van der Waals surface area contributed by atoms with E-state index in [2.05, 4.69) is 45.7 Å². The molecule has 0 bridgehead atoms. The van der Waals surface area contributed by atoms with Crippen molar-refractivity contribution in [2.45, 2.75) is 58.2 Å². The van der Waals surface area contributed by atoms with Crippen molar-refractivity contribution in [3.63, 3.8) is 0 Å². The quantitative estimate of drug-likeness (QED) is 0.274. The molecule has 8 nitrogen and oxygen atoms in total. The average molecular weight is 586 g/mol. The summed E-state index contributed by atoms with van der Waals surface area (Å²) in [5.74, 6) is 1.11. The minimum absolute atomic E-state index is 0.00514. The number of likely N-dealkylation sites (tertiary alicyclic amines) is 1. The zero-order valence-electron chi connectivity index (χ0n) is 25.0. The number of oxazole rings is 1. The second-order valence-corrected chi connectivity index (χ2v) is 11.3. The van der Waals surface area contributed by atoms with E-state index in [9.17, 15) is 9.18 Å². The van der Waals surface area contributed by atoms with Gasteiger partial charge in [-0.05, 0) is 93.6 Å². The fourth-order valence-corrected chi connectivity index (χ4v) is 6.80. The van der Waals surface area contributed by atoms with Gasteiger partial charge in [-0.3, -0.25) is 4.90 Å². The number of carbonyl (C=O) groups is 1. The van der Waals surface area contributed by atoms with Crippen molar-refractivity contribution in [2.75, 3.05) is 32.2 Å². The van der Waals surface area contributed by atoms with Crippen LogP contribution in [0.3, 0.4) is 0 Å². The van der Waals surface area contributed by atoms with Gasteiger partial charge in [-0.15, -0.1) is 0 Å². The third-order valence-electron chi connectivity index (χ3n) is 8.87. The lowest BCUT2D eigenvalue weighted by molar-refractivity contribution is -0.135. The molecule has 3 aromatic rings. The monoisotopic (exact) mass is 585 g/mol. The summed E-state index contributed by atoms with van der Waals surface area (Å²) in [6, 6.07) is 11.3. The Hall–Kier alpha value is -4.29. The van der Waals surface area contributed by atoms with Crippen LogP contribution in [0, 0.1) is 11.7 Å². The number of fused-ring (bicyclic) bond motifs is 2. The Morgan fingerprint density at radius 2 is 1.86 bits per heavy atom. The smallest absolute Gasteiger partial charge is 0.346 e. The number of nitrogens with zero attached hydrogens (tertiary/aromatic N) is 2. The summed E-state index contributed by atoms with van der Waals surface area (Å²) >= 11 is 0. The van der Waals surface area contributed by atoms with E-state index in [4.69, 9.17) is 18.6 Å². The molecule has 43 heavy (non-hydrogen) atoms. The van der Waals surface area contributed by atoms with E-state index in [0.717, 1.165) is 60.5 Å². The molecule has 0 amide bonds. The lowest BCUT2D eigenvalue weighted by Crippen LogP contribution is -2.44. The molecule has 0 spiro atoms. The molecule has 1 saturated heterocycles. The van der Waals surface area contributed by atoms with E-state index in [1.807, 2.05) is 13.8 Å². The van der Waals surface area contributed by atoms with Crippen molar-refractivity contribution in [3.8, 4) is 22.6 Å². The van der Waals surface area contributed by atoms with Crippen molar-refractivity contribution < 1.29 is 27.8 Å². The topological polar surface area (TPSA) is 86.1 Å². The van der Waals surface area contributed by atoms with Gasteiger partial charge < -0.3 is 23.9 Å². The van der Waals surface area contributed by atoms with E-state index >= 15 is 0 Å². The van der Waals surface area contributed by atoms with Crippen molar-refractivity contribution in [1.29, 1.82) is 0 Å². The highest BCUT2D eigenvalue weighted by Gasteiger charge is 2.52. The van der Waals surface area contributed by atoms with Gasteiger partial charge in [-0.1, -0.05) is 17.9 Å². The Kier molecular flexibility index (Phi) is 7.89. The number of nitrogens with one attached hydrogen (secondary N) is 1. The molecule has 1 aromatic heterocycles. The molecule has 1 aliphatic heterocycles.